The average molecular weight is 233 g/mol. The van der Waals surface area contributed by atoms with Gasteiger partial charge < -0.3 is 10.2 Å². The maximum absolute atomic E-state index is 4.06. The van der Waals surface area contributed by atoms with E-state index >= 15 is 0 Å². The van der Waals surface area contributed by atoms with E-state index in [1.54, 1.807) is 0 Å². The Labute approximate surface area is 104 Å². The van der Waals surface area contributed by atoms with Crippen LogP contribution in [0.15, 0.2) is 24.5 Å². The third kappa shape index (κ3) is 4.10. The van der Waals surface area contributed by atoms with Gasteiger partial charge in [-0.05, 0) is 50.0 Å². The van der Waals surface area contributed by atoms with Crippen molar-refractivity contribution in [3.8, 4) is 0 Å². The molecule has 0 amide bonds. The van der Waals surface area contributed by atoms with E-state index < -0.39 is 0 Å². The summed E-state index contributed by atoms with van der Waals surface area (Å²) in [5.74, 6) is 0. The highest BCUT2D eigenvalue weighted by Crippen LogP contribution is 2.06. The van der Waals surface area contributed by atoms with Gasteiger partial charge in [0.1, 0.15) is 0 Å². The summed E-state index contributed by atoms with van der Waals surface area (Å²) < 4.78 is 0. The zero-order chi connectivity index (χ0) is 11.9. The Bertz CT molecular complexity index is 313. The van der Waals surface area contributed by atoms with Crippen molar-refractivity contribution < 1.29 is 0 Å². The van der Waals surface area contributed by atoms with Crippen molar-refractivity contribution >= 4 is 0 Å². The Hall–Kier alpha value is -0.930. The first-order valence-electron chi connectivity index (χ1n) is 6.73. The van der Waals surface area contributed by atoms with Gasteiger partial charge in [-0.2, -0.15) is 0 Å². The number of nitrogens with one attached hydrogen (secondary N) is 1. The molecule has 3 nitrogen and oxygen atoms in total. The molecule has 0 aromatic carbocycles. The minimum absolute atomic E-state index is 0.676. The Morgan fingerprint density at radius 2 is 2.24 bits per heavy atom. The molecular formula is C14H23N3. The van der Waals surface area contributed by atoms with Crippen molar-refractivity contribution in [2.24, 2.45) is 0 Å². The first-order chi connectivity index (χ1) is 8.38. The van der Waals surface area contributed by atoms with Crippen LogP contribution in [0.1, 0.15) is 25.3 Å². The van der Waals surface area contributed by atoms with Crippen LogP contribution in [0.2, 0.25) is 0 Å². The van der Waals surface area contributed by atoms with Crippen LogP contribution in [0.25, 0.3) is 0 Å². The largest absolute Gasteiger partial charge is 0.313 e. The minimum Gasteiger partial charge on any atom is -0.313 e. The van der Waals surface area contributed by atoms with Crippen molar-refractivity contribution in [2.45, 2.75) is 32.2 Å². The second-order valence-electron chi connectivity index (χ2n) is 4.82. The average Bonchev–Trinajstić information content (AvgIpc) is 2.62. The van der Waals surface area contributed by atoms with Crippen LogP contribution in [0.3, 0.4) is 0 Å². The smallest absolute Gasteiger partial charge is 0.0270 e. The molecule has 1 aliphatic heterocycles. The second-order valence-corrected chi connectivity index (χ2v) is 4.82. The van der Waals surface area contributed by atoms with Gasteiger partial charge in [-0.3, -0.25) is 4.98 Å². The Morgan fingerprint density at radius 1 is 1.41 bits per heavy atom. The normalized spacial score (nSPS) is 22.3. The van der Waals surface area contributed by atoms with Crippen LogP contribution in [0, 0.1) is 0 Å². The summed E-state index contributed by atoms with van der Waals surface area (Å²) in [6.07, 6.45) is 7.40. The zero-order valence-electron chi connectivity index (χ0n) is 10.7. The van der Waals surface area contributed by atoms with Crippen molar-refractivity contribution in [3.05, 3.63) is 30.1 Å². The van der Waals surface area contributed by atoms with Gasteiger partial charge in [0.05, 0.1) is 0 Å². The molecule has 0 radical (unpaired) electrons. The molecule has 3 heteroatoms. The molecule has 2 heterocycles. The van der Waals surface area contributed by atoms with Crippen molar-refractivity contribution in [3.63, 3.8) is 0 Å². The fourth-order valence-corrected chi connectivity index (χ4v) is 2.39. The molecule has 94 valence electrons. The number of pyridine rings is 1. The highest BCUT2D eigenvalue weighted by molar-refractivity contribution is 5.09. The van der Waals surface area contributed by atoms with Crippen LogP contribution < -0.4 is 5.32 Å². The highest BCUT2D eigenvalue weighted by Gasteiger charge is 2.15. The lowest BCUT2D eigenvalue weighted by atomic mass is 10.1. The SMILES string of the molecule is CCC1CN(CCc2ccncc2)CCCN1. The quantitative estimate of drug-likeness (QED) is 0.858. The minimum atomic E-state index is 0.676. The third-order valence-electron chi connectivity index (χ3n) is 3.52. The fraction of sp³-hybridized carbons (Fsp3) is 0.643. The molecule has 17 heavy (non-hydrogen) atoms. The highest BCUT2D eigenvalue weighted by atomic mass is 15.2. The molecule has 1 fully saturated rings. The third-order valence-corrected chi connectivity index (χ3v) is 3.52. The summed E-state index contributed by atoms with van der Waals surface area (Å²) >= 11 is 0. The van der Waals surface area contributed by atoms with Crippen molar-refractivity contribution in [1.82, 2.24) is 15.2 Å². The van der Waals surface area contributed by atoms with Crippen LogP contribution >= 0.6 is 0 Å². The zero-order valence-corrected chi connectivity index (χ0v) is 10.7. The topological polar surface area (TPSA) is 28.2 Å². The van der Waals surface area contributed by atoms with Crippen molar-refractivity contribution in [1.29, 1.82) is 0 Å². The van der Waals surface area contributed by atoms with Gasteiger partial charge in [-0.1, -0.05) is 6.92 Å². The fourth-order valence-electron chi connectivity index (χ4n) is 2.39. The number of hydrogen-bond donors (Lipinski definition) is 1. The summed E-state index contributed by atoms with van der Waals surface area (Å²) in [4.78, 5) is 6.65. The summed E-state index contributed by atoms with van der Waals surface area (Å²) in [6, 6.07) is 4.91. The first kappa shape index (κ1) is 12.5. The van der Waals surface area contributed by atoms with Gasteiger partial charge in [0, 0.05) is 31.5 Å². The second kappa shape index (κ2) is 6.72. The molecule has 0 saturated carbocycles. The Kier molecular flexibility index (Phi) is 4.95. The molecule has 0 bridgehead atoms. The van der Waals surface area contributed by atoms with Crippen LogP contribution in [-0.4, -0.2) is 42.1 Å². The Morgan fingerprint density at radius 3 is 3.00 bits per heavy atom. The predicted molar refractivity (Wildman–Crippen MR) is 71.1 cm³/mol. The number of nitrogens with zero attached hydrogens (tertiary/aromatic N) is 2. The molecule has 0 aliphatic carbocycles. The molecule has 1 aliphatic rings. The molecule has 1 N–H and O–H groups in total. The summed E-state index contributed by atoms with van der Waals surface area (Å²) in [6.45, 7) is 7.03. The number of aromatic nitrogens is 1. The molecule has 2 rings (SSSR count). The van der Waals surface area contributed by atoms with Gasteiger partial charge in [0.2, 0.25) is 0 Å². The van der Waals surface area contributed by atoms with E-state index in [4.69, 9.17) is 0 Å². The molecule has 1 saturated heterocycles. The van der Waals surface area contributed by atoms with Crippen LogP contribution in [0.5, 0.6) is 0 Å². The van der Waals surface area contributed by atoms with E-state index in [0.29, 0.717) is 6.04 Å². The van der Waals surface area contributed by atoms with Crippen molar-refractivity contribution in [2.75, 3.05) is 26.2 Å². The molecular weight excluding hydrogens is 210 g/mol. The van der Waals surface area contributed by atoms with E-state index in [-0.39, 0.29) is 0 Å². The van der Waals surface area contributed by atoms with E-state index in [0.717, 1.165) is 6.42 Å². The van der Waals surface area contributed by atoms with Gasteiger partial charge >= 0.3 is 0 Å². The monoisotopic (exact) mass is 233 g/mol. The van der Waals surface area contributed by atoms with Gasteiger partial charge in [0.25, 0.3) is 0 Å². The number of rotatable bonds is 4. The van der Waals surface area contributed by atoms with E-state index in [2.05, 4.69) is 34.3 Å². The Balaban J connectivity index is 1.81. The standard InChI is InChI=1S/C14H23N3/c1-2-14-12-17(10-3-7-16-14)11-6-13-4-8-15-9-5-13/h4-5,8-9,14,16H,2-3,6-7,10-12H2,1H3. The summed E-state index contributed by atoms with van der Waals surface area (Å²) in [7, 11) is 0. The molecule has 1 aromatic rings. The molecule has 1 atom stereocenters. The van der Waals surface area contributed by atoms with Gasteiger partial charge in [-0.25, -0.2) is 0 Å². The lowest BCUT2D eigenvalue weighted by molar-refractivity contribution is 0.268. The maximum atomic E-state index is 4.06. The predicted octanol–water partition coefficient (Wildman–Crippen LogP) is 1.70. The molecule has 0 spiro atoms. The van der Waals surface area contributed by atoms with Crippen LogP contribution in [-0.2, 0) is 6.42 Å². The molecule has 1 unspecified atom stereocenters. The van der Waals surface area contributed by atoms with Crippen LogP contribution in [0.4, 0.5) is 0 Å². The van der Waals surface area contributed by atoms with Gasteiger partial charge in [-0.15, -0.1) is 0 Å². The maximum Gasteiger partial charge on any atom is 0.0270 e. The lowest BCUT2D eigenvalue weighted by Gasteiger charge is -2.23. The summed E-state index contributed by atoms with van der Waals surface area (Å²) in [5, 5.41) is 3.61. The summed E-state index contributed by atoms with van der Waals surface area (Å²) in [5.41, 5.74) is 1.39. The number of hydrogen-bond acceptors (Lipinski definition) is 3. The van der Waals surface area contributed by atoms with E-state index in [1.807, 2.05) is 12.4 Å². The van der Waals surface area contributed by atoms with E-state index in [9.17, 15) is 0 Å². The van der Waals surface area contributed by atoms with E-state index in [1.165, 1.54) is 44.6 Å². The first-order valence-corrected chi connectivity index (χ1v) is 6.73. The van der Waals surface area contributed by atoms with Gasteiger partial charge in [0.15, 0.2) is 0 Å². The molecule has 1 aromatic heterocycles. The lowest BCUT2D eigenvalue weighted by Crippen LogP contribution is -2.37.